The van der Waals surface area contributed by atoms with Gasteiger partial charge in [0.05, 0.1) is 16.1 Å². The summed E-state index contributed by atoms with van der Waals surface area (Å²) in [6.45, 7) is 0. The van der Waals surface area contributed by atoms with E-state index in [2.05, 4.69) is 4.98 Å². The predicted octanol–water partition coefficient (Wildman–Crippen LogP) is 3.25. The highest BCUT2D eigenvalue weighted by Crippen LogP contribution is 2.27. The molecule has 0 amide bonds. The third kappa shape index (κ3) is 3.13. The van der Waals surface area contributed by atoms with Crippen molar-refractivity contribution in [3.63, 3.8) is 0 Å². The number of halogens is 2. The van der Waals surface area contributed by atoms with Crippen molar-refractivity contribution in [1.82, 2.24) is 4.98 Å². The fraction of sp³-hybridized carbons (Fsp3) is 0.154. The van der Waals surface area contributed by atoms with Gasteiger partial charge >= 0.3 is 0 Å². The molecule has 0 radical (unpaired) electrons. The smallest absolute Gasteiger partial charge is 0.123 e. The molecule has 0 fully saturated rings. The van der Waals surface area contributed by atoms with E-state index in [0.717, 1.165) is 11.1 Å². The Bertz CT molecular complexity index is 560. The number of aliphatic hydroxyl groups is 1. The van der Waals surface area contributed by atoms with Crippen molar-refractivity contribution < 1.29 is 5.11 Å². The summed E-state index contributed by atoms with van der Waals surface area (Å²) in [7, 11) is 0. The van der Waals surface area contributed by atoms with Crippen molar-refractivity contribution >= 4 is 29.0 Å². The van der Waals surface area contributed by atoms with Gasteiger partial charge in [-0.05, 0) is 35.4 Å². The zero-order valence-electron chi connectivity index (χ0n) is 9.48. The number of hydrogen-bond donors (Lipinski definition) is 2. The summed E-state index contributed by atoms with van der Waals surface area (Å²) >= 11 is 11.7. The van der Waals surface area contributed by atoms with Crippen LogP contribution >= 0.6 is 23.2 Å². The Morgan fingerprint density at radius 3 is 2.61 bits per heavy atom. The molecule has 1 atom stereocenters. The number of nitrogens with two attached hydrogens (primary N) is 1. The molecule has 94 valence electrons. The number of rotatable bonds is 3. The first-order valence-corrected chi connectivity index (χ1v) is 6.15. The highest BCUT2D eigenvalue weighted by molar-refractivity contribution is 6.42. The number of aromatic nitrogens is 1. The molecule has 2 rings (SSSR count). The number of nitrogen functional groups attached to an aromatic ring is 1. The summed E-state index contributed by atoms with van der Waals surface area (Å²) in [5.74, 6) is 0.439. The van der Waals surface area contributed by atoms with Crippen LogP contribution in [-0.4, -0.2) is 10.1 Å². The molecule has 0 spiro atoms. The first kappa shape index (κ1) is 13.1. The van der Waals surface area contributed by atoms with E-state index in [-0.39, 0.29) is 0 Å². The highest BCUT2D eigenvalue weighted by Gasteiger charge is 2.10. The van der Waals surface area contributed by atoms with Crippen molar-refractivity contribution in [3.05, 3.63) is 57.7 Å². The van der Waals surface area contributed by atoms with Crippen LogP contribution < -0.4 is 5.73 Å². The van der Waals surface area contributed by atoms with Crippen molar-refractivity contribution in [3.8, 4) is 0 Å². The van der Waals surface area contributed by atoms with Crippen LogP contribution in [0.5, 0.6) is 0 Å². The number of anilines is 1. The molecule has 0 saturated carbocycles. The molecule has 1 heterocycles. The van der Waals surface area contributed by atoms with Gasteiger partial charge in [-0.3, -0.25) is 0 Å². The van der Waals surface area contributed by atoms with Crippen molar-refractivity contribution in [2.75, 3.05) is 5.73 Å². The highest BCUT2D eigenvalue weighted by atomic mass is 35.5. The van der Waals surface area contributed by atoms with Crippen LogP contribution in [0.25, 0.3) is 0 Å². The maximum atomic E-state index is 10.1. The fourth-order valence-electron chi connectivity index (χ4n) is 1.68. The lowest BCUT2D eigenvalue weighted by molar-refractivity contribution is 0.178. The minimum atomic E-state index is -0.651. The molecule has 1 aromatic carbocycles. The molecule has 1 aromatic heterocycles. The van der Waals surface area contributed by atoms with E-state index >= 15 is 0 Å². The lowest BCUT2D eigenvalue weighted by atomic mass is 10.0. The molecule has 3 nitrogen and oxygen atoms in total. The molecule has 0 aliphatic rings. The molecule has 0 aliphatic heterocycles. The number of nitrogens with zero attached hydrogens (tertiary/aromatic N) is 1. The first-order chi connectivity index (χ1) is 8.56. The number of aliphatic hydroxyl groups excluding tert-OH is 1. The predicted molar refractivity (Wildman–Crippen MR) is 73.8 cm³/mol. The van der Waals surface area contributed by atoms with Crippen molar-refractivity contribution in [2.24, 2.45) is 0 Å². The molecule has 2 aromatic rings. The lowest BCUT2D eigenvalue weighted by Crippen LogP contribution is -2.03. The largest absolute Gasteiger partial charge is 0.388 e. The summed E-state index contributed by atoms with van der Waals surface area (Å²) < 4.78 is 0. The van der Waals surface area contributed by atoms with E-state index in [1.165, 1.54) is 0 Å². The Labute approximate surface area is 115 Å². The van der Waals surface area contributed by atoms with E-state index in [4.69, 9.17) is 28.9 Å². The molecular weight excluding hydrogens is 271 g/mol. The Kier molecular flexibility index (Phi) is 4.07. The second-order valence-electron chi connectivity index (χ2n) is 3.98. The monoisotopic (exact) mass is 282 g/mol. The molecular formula is C13H12Cl2N2O. The van der Waals surface area contributed by atoms with E-state index in [0.29, 0.717) is 22.3 Å². The van der Waals surface area contributed by atoms with Gasteiger partial charge in [-0.2, -0.15) is 0 Å². The number of benzene rings is 1. The molecule has 0 saturated heterocycles. The Morgan fingerprint density at radius 2 is 1.94 bits per heavy atom. The van der Waals surface area contributed by atoms with Crippen LogP contribution in [-0.2, 0) is 6.42 Å². The van der Waals surface area contributed by atoms with E-state index in [9.17, 15) is 5.11 Å². The summed E-state index contributed by atoms with van der Waals surface area (Å²) in [4.78, 5) is 3.90. The van der Waals surface area contributed by atoms with E-state index in [1.54, 1.807) is 30.5 Å². The van der Waals surface area contributed by atoms with Crippen LogP contribution in [0.15, 0.2) is 36.5 Å². The van der Waals surface area contributed by atoms with Gasteiger partial charge in [0.15, 0.2) is 0 Å². The normalized spacial score (nSPS) is 12.4. The SMILES string of the molecule is Nc1cc(CC(O)c2ccc(Cl)c(Cl)c2)ccn1. The summed E-state index contributed by atoms with van der Waals surface area (Å²) in [6, 6.07) is 8.64. The summed E-state index contributed by atoms with van der Waals surface area (Å²) in [6.07, 6.45) is 1.42. The van der Waals surface area contributed by atoms with Crippen LogP contribution in [0.3, 0.4) is 0 Å². The second kappa shape index (κ2) is 5.57. The minimum Gasteiger partial charge on any atom is -0.388 e. The molecule has 0 aliphatic carbocycles. The summed E-state index contributed by atoms with van der Waals surface area (Å²) in [5, 5.41) is 11.0. The Morgan fingerprint density at radius 1 is 1.17 bits per heavy atom. The lowest BCUT2D eigenvalue weighted by Gasteiger charge is -2.12. The van der Waals surface area contributed by atoms with Gasteiger partial charge in [0.2, 0.25) is 0 Å². The zero-order valence-corrected chi connectivity index (χ0v) is 11.0. The van der Waals surface area contributed by atoms with Gasteiger partial charge in [-0.25, -0.2) is 4.98 Å². The second-order valence-corrected chi connectivity index (χ2v) is 4.80. The number of hydrogen-bond acceptors (Lipinski definition) is 3. The van der Waals surface area contributed by atoms with Crippen LogP contribution in [0.1, 0.15) is 17.2 Å². The van der Waals surface area contributed by atoms with Gasteiger partial charge in [0.1, 0.15) is 5.82 Å². The average molecular weight is 283 g/mol. The number of pyridine rings is 1. The van der Waals surface area contributed by atoms with Crippen LogP contribution in [0.2, 0.25) is 10.0 Å². The van der Waals surface area contributed by atoms with Crippen molar-refractivity contribution in [2.45, 2.75) is 12.5 Å². The van der Waals surface area contributed by atoms with Crippen LogP contribution in [0.4, 0.5) is 5.82 Å². The maximum absolute atomic E-state index is 10.1. The standard InChI is InChI=1S/C13H12Cl2N2O/c14-10-2-1-9(7-11(10)15)12(18)5-8-3-4-17-13(16)6-8/h1-4,6-7,12,18H,5H2,(H2,16,17). The van der Waals surface area contributed by atoms with Gasteiger partial charge in [0, 0.05) is 12.6 Å². The third-order valence-corrected chi connectivity index (χ3v) is 3.34. The van der Waals surface area contributed by atoms with E-state index in [1.807, 2.05) is 6.07 Å². The summed E-state index contributed by atoms with van der Waals surface area (Å²) in [5.41, 5.74) is 7.23. The fourth-order valence-corrected chi connectivity index (χ4v) is 1.99. The molecule has 0 bridgehead atoms. The minimum absolute atomic E-state index is 0.433. The molecule has 5 heteroatoms. The maximum Gasteiger partial charge on any atom is 0.123 e. The topological polar surface area (TPSA) is 59.1 Å². The van der Waals surface area contributed by atoms with Crippen LogP contribution in [0, 0.1) is 0 Å². The molecule has 3 N–H and O–H groups in total. The Balaban J connectivity index is 2.16. The van der Waals surface area contributed by atoms with Gasteiger partial charge in [-0.1, -0.05) is 29.3 Å². The van der Waals surface area contributed by atoms with Gasteiger partial charge in [-0.15, -0.1) is 0 Å². The molecule has 1 unspecified atom stereocenters. The van der Waals surface area contributed by atoms with Gasteiger partial charge < -0.3 is 10.8 Å². The van der Waals surface area contributed by atoms with E-state index < -0.39 is 6.10 Å². The molecule has 18 heavy (non-hydrogen) atoms. The Hall–Kier alpha value is -1.29. The van der Waals surface area contributed by atoms with Gasteiger partial charge in [0.25, 0.3) is 0 Å². The van der Waals surface area contributed by atoms with Crippen molar-refractivity contribution in [1.29, 1.82) is 0 Å². The first-order valence-electron chi connectivity index (χ1n) is 5.39. The quantitative estimate of drug-likeness (QED) is 0.909. The average Bonchev–Trinajstić information content (AvgIpc) is 2.32. The third-order valence-electron chi connectivity index (χ3n) is 2.60. The zero-order chi connectivity index (χ0) is 13.1.